The number of hydrogen-bond acceptors (Lipinski definition) is 8. The van der Waals surface area contributed by atoms with Crippen molar-refractivity contribution in [1.82, 2.24) is 29.8 Å². The molecule has 1 amide bonds. The summed E-state index contributed by atoms with van der Waals surface area (Å²) in [5.74, 6) is -0.0908. The zero-order chi connectivity index (χ0) is 35.6. The Kier molecular flexibility index (Phi) is 10.1. The Morgan fingerprint density at radius 1 is 1.02 bits per heavy atom. The number of hydrogen-bond donors (Lipinski definition) is 2. The number of amides is 1. The van der Waals surface area contributed by atoms with E-state index in [9.17, 15) is 10.1 Å². The average Bonchev–Trinajstić information content (AvgIpc) is 3.60. The van der Waals surface area contributed by atoms with Crippen LogP contribution >= 0.6 is 11.6 Å². The predicted molar refractivity (Wildman–Crippen MR) is 199 cm³/mol. The van der Waals surface area contributed by atoms with E-state index in [1.54, 1.807) is 25.2 Å². The largest absolute Gasteiger partial charge is 0.377 e. The molecule has 1 saturated heterocycles. The van der Waals surface area contributed by atoms with E-state index < -0.39 is 6.04 Å². The van der Waals surface area contributed by atoms with Gasteiger partial charge in [0.15, 0.2) is 0 Å². The molecule has 0 saturated carbocycles. The summed E-state index contributed by atoms with van der Waals surface area (Å²) in [6.45, 7) is 10.8. The maximum atomic E-state index is 13.0. The van der Waals surface area contributed by atoms with Crippen LogP contribution in [0.1, 0.15) is 91.4 Å². The Morgan fingerprint density at radius 3 is 2.42 bits per heavy atom. The molecule has 3 heterocycles. The Balaban J connectivity index is 1.39. The summed E-state index contributed by atoms with van der Waals surface area (Å²) in [6.07, 6.45) is 5.54. The van der Waals surface area contributed by atoms with Crippen molar-refractivity contribution in [3.8, 4) is 6.07 Å². The highest BCUT2D eigenvalue weighted by atomic mass is 35.5. The summed E-state index contributed by atoms with van der Waals surface area (Å²) in [4.78, 5) is 21.6. The predicted octanol–water partition coefficient (Wildman–Crippen LogP) is 7.86. The standard InChI is InChI=1S/C39H44ClN9O/c1-25(26-11-8-7-9-12-26)43-35-29(22-41)23-42-37-32(35)20-30(21-33(37)40)44-36(27-13-10-14-28(19-27)38(50)47(5)6)34-24-49(46-45-34)31-15-17-48(18-16-31)39(2,3)4/h7-14,19-21,23-25,31,36,44H,15-18H2,1-6H3,(H,42,43). The number of piperidine rings is 1. The van der Waals surface area contributed by atoms with Crippen LogP contribution in [0.15, 0.2) is 79.1 Å². The van der Waals surface area contributed by atoms with E-state index in [-0.39, 0.29) is 23.5 Å². The van der Waals surface area contributed by atoms with Crippen LogP contribution in [0.2, 0.25) is 5.02 Å². The third-order valence-corrected chi connectivity index (χ3v) is 9.79. The first-order valence-corrected chi connectivity index (χ1v) is 17.4. The molecule has 1 fully saturated rings. The number of carbonyl (C=O) groups excluding carboxylic acids is 1. The molecule has 0 spiro atoms. The van der Waals surface area contributed by atoms with Gasteiger partial charge in [0, 0.05) is 61.6 Å². The fourth-order valence-electron chi connectivity index (χ4n) is 6.63. The fourth-order valence-corrected chi connectivity index (χ4v) is 6.90. The van der Waals surface area contributed by atoms with Crippen LogP contribution in [0.3, 0.4) is 0 Å². The lowest BCUT2D eigenvalue weighted by atomic mass is 9.98. The fraction of sp³-hybridized carbons (Fsp3) is 0.359. The maximum Gasteiger partial charge on any atom is 0.253 e. The maximum absolute atomic E-state index is 13.0. The number of fused-ring (bicyclic) bond motifs is 1. The third-order valence-electron chi connectivity index (χ3n) is 9.50. The van der Waals surface area contributed by atoms with Gasteiger partial charge in [0.1, 0.15) is 11.8 Å². The summed E-state index contributed by atoms with van der Waals surface area (Å²) in [7, 11) is 3.48. The number of aromatic nitrogens is 4. The monoisotopic (exact) mass is 689 g/mol. The van der Waals surface area contributed by atoms with Gasteiger partial charge in [0.05, 0.1) is 40.1 Å². The number of nitriles is 1. The second-order valence-electron chi connectivity index (χ2n) is 14.2. The first kappa shape index (κ1) is 34.9. The highest BCUT2D eigenvalue weighted by Gasteiger charge is 2.29. The van der Waals surface area contributed by atoms with Crippen LogP contribution in [0.25, 0.3) is 10.9 Å². The zero-order valence-corrected chi connectivity index (χ0v) is 30.2. The van der Waals surface area contributed by atoms with Crippen molar-refractivity contribution in [2.24, 2.45) is 0 Å². The van der Waals surface area contributed by atoms with Crippen LogP contribution in [-0.2, 0) is 0 Å². The minimum Gasteiger partial charge on any atom is -0.377 e. The molecular formula is C39H44ClN9O. The number of carbonyl (C=O) groups is 1. The van der Waals surface area contributed by atoms with Crippen molar-refractivity contribution < 1.29 is 4.79 Å². The minimum absolute atomic E-state index is 0.0840. The lowest BCUT2D eigenvalue weighted by molar-refractivity contribution is 0.0827. The van der Waals surface area contributed by atoms with E-state index >= 15 is 0 Å². The topological polar surface area (TPSA) is 115 Å². The zero-order valence-electron chi connectivity index (χ0n) is 29.5. The van der Waals surface area contributed by atoms with Gasteiger partial charge in [0.25, 0.3) is 5.91 Å². The van der Waals surface area contributed by atoms with E-state index in [2.05, 4.69) is 64.6 Å². The van der Waals surface area contributed by atoms with Crippen molar-refractivity contribution in [1.29, 1.82) is 5.26 Å². The van der Waals surface area contributed by atoms with Crippen LogP contribution in [0.4, 0.5) is 11.4 Å². The number of nitrogens with zero attached hydrogens (tertiary/aromatic N) is 7. The molecule has 50 heavy (non-hydrogen) atoms. The van der Waals surface area contributed by atoms with Crippen LogP contribution in [0.5, 0.6) is 0 Å². The van der Waals surface area contributed by atoms with E-state index in [4.69, 9.17) is 11.6 Å². The highest BCUT2D eigenvalue weighted by molar-refractivity contribution is 6.35. The number of nitrogens with one attached hydrogen (secondary N) is 2. The third kappa shape index (κ3) is 7.44. The van der Waals surface area contributed by atoms with Gasteiger partial charge >= 0.3 is 0 Å². The van der Waals surface area contributed by atoms with Gasteiger partial charge in [-0.05, 0) is 75.9 Å². The number of halogens is 1. The molecule has 258 valence electrons. The number of pyridine rings is 1. The van der Waals surface area contributed by atoms with Crippen LogP contribution < -0.4 is 10.6 Å². The van der Waals surface area contributed by atoms with E-state index in [0.717, 1.165) is 37.1 Å². The van der Waals surface area contributed by atoms with Gasteiger partial charge in [-0.25, -0.2) is 4.68 Å². The molecule has 2 unspecified atom stereocenters. The minimum atomic E-state index is -0.464. The van der Waals surface area contributed by atoms with Crippen LogP contribution in [0, 0.1) is 11.3 Å². The smallest absolute Gasteiger partial charge is 0.253 e. The molecule has 1 aliphatic rings. The van der Waals surface area contributed by atoms with Gasteiger partial charge in [-0.2, -0.15) is 5.26 Å². The molecule has 10 nitrogen and oxygen atoms in total. The Morgan fingerprint density at radius 2 is 1.74 bits per heavy atom. The van der Waals surface area contributed by atoms with Crippen molar-refractivity contribution in [3.63, 3.8) is 0 Å². The molecule has 3 aromatic carbocycles. The molecule has 0 bridgehead atoms. The van der Waals surface area contributed by atoms with Crippen molar-refractivity contribution in [3.05, 3.63) is 112 Å². The molecular weight excluding hydrogens is 646 g/mol. The van der Waals surface area contributed by atoms with E-state index in [1.165, 1.54) is 0 Å². The molecule has 0 aliphatic carbocycles. The number of anilines is 2. The second-order valence-corrected chi connectivity index (χ2v) is 14.6. The van der Waals surface area contributed by atoms with Crippen LogP contribution in [-0.4, -0.2) is 68.4 Å². The molecule has 2 N–H and O–H groups in total. The summed E-state index contributed by atoms with van der Waals surface area (Å²) < 4.78 is 1.99. The van der Waals surface area contributed by atoms with E-state index in [0.29, 0.717) is 44.1 Å². The molecule has 2 aromatic heterocycles. The van der Waals surface area contributed by atoms with Gasteiger partial charge in [-0.1, -0.05) is 59.3 Å². The lowest BCUT2D eigenvalue weighted by Gasteiger charge is -2.40. The quantitative estimate of drug-likeness (QED) is 0.161. The number of rotatable bonds is 9. The summed E-state index contributed by atoms with van der Waals surface area (Å²) in [5, 5.41) is 27.8. The Hall–Kier alpha value is -4.98. The first-order valence-electron chi connectivity index (χ1n) is 17.0. The molecule has 5 aromatic rings. The van der Waals surface area contributed by atoms with Gasteiger partial charge in [-0.3, -0.25) is 14.7 Å². The summed E-state index contributed by atoms with van der Waals surface area (Å²) in [6, 6.07) is 23.4. The summed E-state index contributed by atoms with van der Waals surface area (Å²) in [5.41, 5.74) is 5.71. The first-order chi connectivity index (χ1) is 23.9. The summed E-state index contributed by atoms with van der Waals surface area (Å²) >= 11 is 6.91. The molecule has 0 radical (unpaired) electrons. The van der Waals surface area contributed by atoms with Gasteiger partial charge in [0.2, 0.25) is 0 Å². The molecule has 1 aliphatic heterocycles. The average molecular weight is 690 g/mol. The Bertz CT molecular complexity index is 2020. The van der Waals surface area contributed by atoms with Crippen molar-refractivity contribution in [2.45, 2.75) is 64.2 Å². The molecule has 11 heteroatoms. The van der Waals surface area contributed by atoms with Gasteiger partial charge in [-0.15, -0.1) is 5.10 Å². The Labute approximate surface area is 299 Å². The SMILES string of the molecule is CC(Nc1c(C#N)cnc2c(Cl)cc(NC(c3cccc(C(=O)N(C)C)c3)c3cn(C4CCN(C(C)(C)C)CC4)nn3)cc12)c1ccccc1. The van der Waals surface area contributed by atoms with Gasteiger partial charge < -0.3 is 15.5 Å². The molecule has 6 rings (SSSR count). The second kappa shape index (κ2) is 14.5. The lowest BCUT2D eigenvalue weighted by Crippen LogP contribution is -2.46. The molecule has 2 atom stereocenters. The number of benzene rings is 3. The normalized spacial score (nSPS) is 15.3. The van der Waals surface area contributed by atoms with Crippen molar-refractivity contribution >= 4 is 39.8 Å². The number of likely N-dealkylation sites (tertiary alicyclic amines) is 1. The van der Waals surface area contributed by atoms with Crippen molar-refractivity contribution in [2.75, 3.05) is 37.8 Å². The van der Waals surface area contributed by atoms with E-state index in [1.807, 2.05) is 77.6 Å². The highest BCUT2D eigenvalue weighted by Crippen LogP contribution is 2.37.